The molecule has 0 radical (unpaired) electrons. The number of aromatic nitrogens is 2. The molecule has 1 amide bonds. The first-order valence-corrected chi connectivity index (χ1v) is 13.4. The number of benzene rings is 1. The Morgan fingerprint density at radius 1 is 1.22 bits per heavy atom. The van der Waals surface area contributed by atoms with Gasteiger partial charge in [-0.15, -0.1) is 0 Å². The van der Waals surface area contributed by atoms with E-state index < -0.39 is 5.54 Å². The maximum Gasteiger partial charge on any atom is 0.254 e. The number of nitrogens with one attached hydrogen (secondary N) is 1. The maximum atomic E-state index is 15.1. The van der Waals surface area contributed by atoms with Crippen LogP contribution in [0.15, 0.2) is 29.1 Å². The Morgan fingerprint density at radius 3 is 2.59 bits per heavy atom. The number of allylic oxidation sites excluding steroid dienone is 1. The van der Waals surface area contributed by atoms with E-state index in [1.54, 1.807) is 0 Å². The molecule has 37 heavy (non-hydrogen) atoms. The molecule has 1 N–H and O–H groups in total. The van der Waals surface area contributed by atoms with Gasteiger partial charge >= 0.3 is 0 Å². The van der Waals surface area contributed by atoms with Crippen molar-refractivity contribution in [3.05, 3.63) is 73.8 Å². The number of aryl methyl sites for hydroxylation is 1. The van der Waals surface area contributed by atoms with E-state index in [1.165, 1.54) is 6.07 Å². The lowest BCUT2D eigenvalue weighted by atomic mass is 9.74. The van der Waals surface area contributed by atoms with Crippen LogP contribution in [-0.2, 0) is 36.1 Å². The molecule has 2 aliphatic carbocycles. The normalized spacial score (nSPS) is 20.5. The fourth-order valence-corrected chi connectivity index (χ4v) is 6.45. The van der Waals surface area contributed by atoms with E-state index >= 15 is 4.39 Å². The first-order chi connectivity index (χ1) is 17.5. The molecular formula is C31H34FN3O2. The molecule has 5 nitrogen and oxygen atoms in total. The van der Waals surface area contributed by atoms with E-state index in [0.717, 1.165) is 63.0 Å². The molecule has 1 unspecified atom stereocenters. The number of hydrogen-bond donors (Lipinski definition) is 1. The van der Waals surface area contributed by atoms with Gasteiger partial charge in [-0.25, -0.2) is 9.37 Å². The van der Waals surface area contributed by atoms with Gasteiger partial charge in [0.1, 0.15) is 5.82 Å². The van der Waals surface area contributed by atoms with Gasteiger partial charge in [0.25, 0.3) is 5.56 Å². The summed E-state index contributed by atoms with van der Waals surface area (Å²) in [5.74, 6) is -0.195. The van der Waals surface area contributed by atoms with Crippen LogP contribution in [0.1, 0.15) is 80.3 Å². The van der Waals surface area contributed by atoms with Crippen molar-refractivity contribution in [2.45, 2.75) is 85.2 Å². The highest BCUT2D eigenvalue weighted by Crippen LogP contribution is 2.50. The highest BCUT2D eigenvalue weighted by atomic mass is 19.1. The van der Waals surface area contributed by atoms with Crippen LogP contribution in [-0.4, -0.2) is 15.5 Å². The lowest BCUT2D eigenvalue weighted by molar-refractivity contribution is -0.127. The quantitative estimate of drug-likeness (QED) is 0.362. The summed E-state index contributed by atoms with van der Waals surface area (Å²) in [6.45, 7) is 14.4. The number of pyridine rings is 2. The van der Waals surface area contributed by atoms with Crippen LogP contribution in [0.5, 0.6) is 0 Å². The standard InChI is InChI=1S/C31H34FN3O2/c1-7-19-18(12-16(2)3)13-24-27-21(15-35(24)28(19)36)26-25-20(17(4)22(32)14-23(25)33-27)8-9-31(26,6)34-29(37)30(5)10-11-30/h13-14H,2,7-12,15H2,1,3-6H3,(H,34,37). The van der Waals surface area contributed by atoms with E-state index in [9.17, 15) is 9.59 Å². The number of halogens is 1. The molecule has 3 aromatic rings. The summed E-state index contributed by atoms with van der Waals surface area (Å²) in [6.07, 6.45) is 4.39. The first-order valence-electron chi connectivity index (χ1n) is 13.4. The first kappa shape index (κ1) is 24.1. The third kappa shape index (κ3) is 3.44. The van der Waals surface area contributed by atoms with Gasteiger partial charge in [-0.1, -0.05) is 26.0 Å². The second kappa shape index (κ2) is 7.86. The van der Waals surface area contributed by atoms with Gasteiger partial charge in [0.2, 0.25) is 5.91 Å². The van der Waals surface area contributed by atoms with E-state index in [1.807, 2.05) is 32.3 Å². The minimum atomic E-state index is -0.634. The van der Waals surface area contributed by atoms with Crippen LogP contribution in [0, 0.1) is 18.2 Å². The minimum Gasteiger partial charge on any atom is -0.346 e. The molecule has 6 heteroatoms. The second-order valence-electron chi connectivity index (χ2n) is 11.9. The van der Waals surface area contributed by atoms with Crippen LogP contribution in [0.2, 0.25) is 0 Å². The Bertz CT molecular complexity index is 1610. The molecule has 192 valence electrons. The van der Waals surface area contributed by atoms with Gasteiger partial charge in [-0.3, -0.25) is 9.59 Å². The lowest BCUT2D eigenvalue weighted by Crippen LogP contribution is -2.48. The highest BCUT2D eigenvalue weighted by molar-refractivity contribution is 5.95. The summed E-state index contributed by atoms with van der Waals surface area (Å²) in [6, 6.07) is 3.59. The van der Waals surface area contributed by atoms with Crippen LogP contribution < -0.4 is 10.9 Å². The van der Waals surface area contributed by atoms with Gasteiger partial charge in [-0.2, -0.15) is 0 Å². The molecule has 1 atom stereocenters. The summed E-state index contributed by atoms with van der Waals surface area (Å²) >= 11 is 0. The molecule has 3 heterocycles. The molecular weight excluding hydrogens is 465 g/mol. The van der Waals surface area contributed by atoms with Crippen molar-refractivity contribution in [1.82, 2.24) is 14.9 Å². The van der Waals surface area contributed by atoms with Crippen molar-refractivity contribution in [3.8, 4) is 11.4 Å². The molecule has 0 spiro atoms. The number of carbonyl (C=O) groups is 1. The Morgan fingerprint density at radius 2 is 1.95 bits per heavy atom. The molecule has 2 aromatic heterocycles. The topological polar surface area (TPSA) is 64.0 Å². The summed E-state index contributed by atoms with van der Waals surface area (Å²) in [4.78, 5) is 32.0. The molecule has 0 bridgehead atoms. The zero-order valence-electron chi connectivity index (χ0n) is 22.4. The monoisotopic (exact) mass is 499 g/mol. The van der Waals surface area contributed by atoms with E-state index in [0.29, 0.717) is 43.3 Å². The fraction of sp³-hybridized carbons (Fsp3) is 0.452. The van der Waals surface area contributed by atoms with Gasteiger partial charge < -0.3 is 9.88 Å². The largest absolute Gasteiger partial charge is 0.346 e. The summed E-state index contributed by atoms with van der Waals surface area (Å²) < 4.78 is 16.9. The third-order valence-electron chi connectivity index (χ3n) is 8.96. The van der Waals surface area contributed by atoms with Gasteiger partial charge in [-0.05, 0) is 87.6 Å². The van der Waals surface area contributed by atoms with Crippen LogP contribution >= 0.6 is 0 Å². The summed E-state index contributed by atoms with van der Waals surface area (Å²) in [5, 5.41) is 4.34. The average molecular weight is 500 g/mol. The Hall–Kier alpha value is -3.28. The van der Waals surface area contributed by atoms with Crippen molar-refractivity contribution < 1.29 is 9.18 Å². The third-order valence-corrected chi connectivity index (χ3v) is 8.96. The van der Waals surface area contributed by atoms with Gasteiger partial charge in [0, 0.05) is 28.0 Å². The zero-order valence-corrected chi connectivity index (χ0v) is 22.4. The molecule has 1 aliphatic heterocycles. The van der Waals surface area contributed by atoms with E-state index in [-0.39, 0.29) is 22.7 Å². The van der Waals surface area contributed by atoms with Crippen LogP contribution in [0.3, 0.4) is 0 Å². The maximum absolute atomic E-state index is 15.1. The fourth-order valence-electron chi connectivity index (χ4n) is 6.45. The van der Waals surface area contributed by atoms with Crippen molar-refractivity contribution >= 4 is 16.8 Å². The van der Waals surface area contributed by atoms with Crippen LogP contribution in [0.4, 0.5) is 4.39 Å². The molecule has 1 aromatic carbocycles. The molecule has 0 saturated heterocycles. The van der Waals surface area contributed by atoms with Crippen molar-refractivity contribution in [2.75, 3.05) is 0 Å². The minimum absolute atomic E-state index is 0.000121. The number of nitrogens with zero attached hydrogens (tertiary/aromatic N) is 2. The second-order valence-corrected chi connectivity index (χ2v) is 11.9. The molecule has 1 fully saturated rings. The summed E-state index contributed by atoms with van der Waals surface area (Å²) in [5.41, 5.74) is 7.47. The number of fused-ring (bicyclic) bond motifs is 4. The van der Waals surface area contributed by atoms with Crippen molar-refractivity contribution in [3.63, 3.8) is 0 Å². The van der Waals surface area contributed by atoms with Crippen LogP contribution in [0.25, 0.3) is 22.3 Å². The molecule has 6 rings (SSSR count). The summed E-state index contributed by atoms with van der Waals surface area (Å²) in [7, 11) is 0. The lowest BCUT2D eigenvalue weighted by Gasteiger charge is -2.39. The predicted molar refractivity (Wildman–Crippen MR) is 144 cm³/mol. The van der Waals surface area contributed by atoms with E-state index in [4.69, 9.17) is 4.98 Å². The Kier molecular flexibility index (Phi) is 5.11. The smallest absolute Gasteiger partial charge is 0.254 e. The average Bonchev–Trinajstić information content (AvgIpc) is 3.49. The van der Waals surface area contributed by atoms with Gasteiger partial charge in [0.05, 0.1) is 29.0 Å². The Labute approximate surface area is 216 Å². The van der Waals surface area contributed by atoms with Crippen molar-refractivity contribution in [2.24, 2.45) is 5.41 Å². The predicted octanol–water partition coefficient (Wildman–Crippen LogP) is 5.63. The molecule has 3 aliphatic rings. The highest BCUT2D eigenvalue weighted by Gasteiger charge is 2.49. The van der Waals surface area contributed by atoms with Gasteiger partial charge in [0.15, 0.2) is 0 Å². The van der Waals surface area contributed by atoms with Crippen molar-refractivity contribution in [1.29, 1.82) is 0 Å². The molecule has 1 saturated carbocycles. The van der Waals surface area contributed by atoms with E-state index in [2.05, 4.69) is 24.9 Å². The number of amides is 1. The number of carbonyl (C=O) groups excluding carboxylic acids is 1. The Balaban J connectivity index is 1.64. The zero-order chi connectivity index (χ0) is 26.4. The number of hydrogen-bond acceptors (Lipinski definition) is 3. The number of rotatable bonds is 5. The SMILES string of the molecule is C=C(C)Cc1cc2n(c(=O)c1CC)Cc1c-2nc2cc(F)c(C)c3c2c1C(C)(NC(=O)C1(C)CC1)CC3.